The maximum Gasteiger partial charge on any atom is 0.255 e. The molecule has 0 fully saturated rings. The monoisotopic (exact) mass is 384 g/mol. The van der Waals surface area contributed by atoms with Crippen molar-refractivity contribution in [2.45, 2.75) is 6.42 Å². The van der Waals surface area contributed by atoms with Gasteiger partial charge in [0.2, 0.25) is 5.91 Å². The van der Waals surface area contributed by atoms with Crippen molar-refractivity contribution in [1.82, 2.24) is 5.32 Å². The lowest BCUT2D eigenvalue weighted by Crippen LogP contribution is -2.38. The molecule has 0 radical (unpaired) electrons. The molecule has 0 bridgehead atoms. The second-order valence-electron chi connectivity index (χ2n) is 6.50. The minimum atomic E-state index is -0.267. The van der Waals surface area contributed by atoms with Crippen LogP contribution in [-0.4, -0.2) is 45.8 Å². The lowest BCUT2D eigenvalue weighted by molar-refractivity contribution is -0.126. The molecule has 1 aliphatic heterocycles. The van der Waals surface area contributed by atoms with E-state index in [9.17, 15) is 9.59 Å². The molecular weight excluding hydrogens is 360 g/mol. The van der Waals surface area contributed by atoms with Crippen molar-refractivity contribution in [1.29, 1.82) is 0 Å². The van der Waals surface area contributed by atoms with Gasteiger partial charge in [0.15, 0.2) is 0 Å². The summed E-state index contributed by atoms with van der Waals surface area (Å²) in [4.78, 5) is 24.7. The minimum Gasteiger partial charge on any atom is -0.497 e. The van der Waals surface area contributed by atoms with Gasteiger partial charge in [0.1, 0.15) is 18.1 Å². The molecule has 2 amide bonds. The number of hydrogen-bond donors (Lipinski definition) is 2. The van der Waals surface area contributed by atoms with Crippen molar-refractivity contribution in [3.63, 3.8) is 0 Å². The summed E-state index contributed by atoms with van der Waals surface area (Å²) in [5.41, 5.74) is 2.08. The maximum atomic E-state index is 12.4. The van der Waals surface area contributed by atoms with E-state index >= 15 is 0 Å². The number of nitrogens with one attached hydrogen (secondary N) is 2. The molecule has 0 saturated heterocycles. The van der Waals surface area contributed by atoms with Gasteiger partial charge in [-0.05, 0) is 54.4 Å². The molecule has 0 saturated carbocycles. The molecule has 2 aromatic carbocycles. The Morgan fingerprint density at radius 1 is 1.14 bits per heavy atom. The Morgan fingerprint density at radius 3 is 2.64 bits per heavy atom. The number of carbonyl (C=O) groups excluding carboxylic acids is 2. The Morgan fingerprint density at radius 2 is 1.93 bits per heavy atom. The number of benzene rings is 2. The van der Waals surface area contributed by atoms with Crippen LogP contribution in [0.5, 0.6) is 11.5 Å². The molecular formula is C21H24N2O5. The molecule has 28 heavy (non-hydrogen) atoms. The number of amides is 2. The maximum absolute atomic E-state index is 12.4. The van der Waals surface area contributed by atoms with Gasteiger partial charge in [-0.2, -0.15) is 0 Å². The van der Waals surface area contributed by atoms with E-state index in [1.807, 2.05) is 12.1 Å². The highest BCUT2D eigenvalue weighted by Crippen LogP contribution is 2.30. The SMILES string of the molecule is COCCNC(=O)[C@H]1COc2ccc(NC(=O)c3ccc(OC)cc3)cc2C1. The van der Waals surface area contributed by atoms with Gasteiger partial charge in [0.25, 0.3) is 5.91 Å². The van der Waals surface area contributed by atoms with Gasteiger partial charge < -0.3 is 24.8 Å². The highest BCUT2D eigenvalue weighted by Gasteiger charge is 2.26. The van der Waals surface area contributed by atoms with Crippen LogP contribution in [0.4, 0.5) is 5.69 Å². The van der Waals surface area contributed by atoms with E-state index in [0.29, 0.717) is 43.2 Å². The standard InChI is InChI=1S/C21H24N2O5/c1-26-10-9-22-20(24)16-11-15-12-17(5-8-19(15)28-13-16)23-21(25)14-3-6-18(27-2)7-4-14/h3-8,12,16H,9-11,13H2,1-2H3,(H,22,24)(H,23,25)/t16-/m1/s1. The summed E-state index contributed by atoms with van der Waals surface area (Å²) in [5, 5.41) is 5.72. The van der Waals surface area contributed by atoms with E-state index in [4.69, 9.17) is 14.2 Å². The summed E-state index contributed by atoms with van der Waals surface area (Å²) in [6, 6.07) is 12.3. The van der Waals surface area contributed by atoms with Crippen LogP contribution in [0.15, 0.2) is 42.5 Å². The normalized spacial score (nSPS) is 15.1. The van der Waals surface area contributed by atoms with Crippen LogP contribution in [0.3, 0.4) is 0 Å². The van der Waals surface area contributed by atoms with Crippen molar-refractivity contribution < 1.29 is 23.8 Å². The predicted octanol–water partition coefficient (Wildman–Crippen LogP) is 2.26. The van der Waals surface area contributed by atoms with Crippen molar-refractivity contribution in [3.05, 3.63) is 53.6 Å². The van der Waals surface area contributed by atoms with E-state index in [2.05, 4.69) is 10.6 Å². The van der Waals surface area contributed by atoms with E-state index in [1.165, 1.54) is 0 Å². The number of rotatable bonds is 7. The minimum absolute atomic E-state index is 0.0598. The van der Waals surface area contributed by atoms with Gasteiger partial charge >= 0.3 is 0 Å². The van der Waals surface area contributed by atoms with Crippen LogP contribution < -0.4 is 20.1 Å². The largest absolute Gasteiger partial charge is 0.497 e. The molecule has 0 spiro atoms. The van der Waals surface area contributed by atoms with E-state index < -0.39 is 0 Å². The predicted molar refractivity (Wildman–Crippen MR) is 105 cm³/mol. The molecule has 0 aliphatic carbocycles. The first kappa shape index (κ1) is 19.7. The third-order valence-corrected chi connectivity index (χ3v) is 4.55. The van der Waals surface area contributed by atoms with Gasteiger partial charge in [0, 0.05) is 24.9 Å². The summed E-state index contributed by atoms with van der Waals surface area (Å²) in [7, 11) is 3.17. The third-order valence-electron chi connectivity index (χ3n) is 4.55. The summed E-state index contributed by atoms with van der Waals surface area (Å²) in [6.07, 6.45) is 0.556. The molecule has 1 atom stereocenters. The Hall–Kier alpha value is -3.06. The highest BCUT2D eigenvalue weighted by atomic mass is 16.5. The van der Waals surface area contributed by atoms with E-state index in [-0.39, 0.29) is 17.7 Å². The summed E-state index contributed by atoms with van der Waals surface area (Å²) < 4.78 is 15.8. The fourth-order valence-corrected chi connectivity index (χ4v) is 3.01. The fraction of sp³-hybridized carbons (Fsp3) is 0.333. The molecule has 7 nitrogen and oxygen atoms in total. The zero-order chi connectivity index (χ0) is 19.9. The molecule has 3 rings (SSSR count). The molecule has 2 aromatic rings. The number of methoxy groups -OCH3 is 2. The van der Waals surface area contributed by atoms with Crippen molar-refractivity contribution in [2.75, 3.05) is 39.3 Å². The fourth-order valence-electron chi connectivity index (χ4n) is 3.01. The zero-order valence-electron chi connectivity index (χ0n) is 16.0. The quantitative estimate of drug-likeness (QED) is 0.715. The Labute approximate surface area is 164 Å². The van der Waals surface area contributed by atoms with Crippen LogP contribution in [0.25, 0.3) is 0 Å². The lowest BCUT2D eigenvalue weighted by atomic mass is 9.95. The lowest BCUT2D eigenvalue weighted by Gasteiger charge is -2.25. The second-order valence-corrected chi connectivity index (χ2v) is 6.50. The van der Waals surface area contributed by atoms with Gasteiger partial charge in [-0.3, -0.25) is 9.59 Å². The average molecular weight is 384 g/mol. The van der Waals surface area contributed by atoms with Crippen molar-refractivity contribution in [2.24, 2.45) is 5.92 Å². The van der Waals surface area contributed by atoms with Gasteiger partial charge in [0.05, 0.1) is 19.6 Å². The zero-order valence-corrected chi connectivity index (χ0v) is 16.0. The summed E-state index contributed by atoms with van der Waals surface area (Å²) >= 11 is 0. The summed E-state index contributed by atoms with van der Waals surface area (Å²) in [5.74, 6) is 0.890. The first-order valence-electron chi connectivity index (χ1n) is 9.08. The number of hydrogen-bond acceptors (Lipinski definition) is 5. The highest BCUT2D eigenvalue weighted by molar-refractivity contribution is 6.04. The molecule has 0 aromatic heterocycles. The first-order chi connectivity index (χ1) is 13.6. The van der Waals surface area contributed by atoms with Crippen LogP contribution in [0.1, 0.15) is 15.9 Å². The Bertz CT molecular complexity index is 835. The Balaban J connectivity index is 1.65. The number of anilines is 1. The molecule has 7 heteroatoms. The number of fused-ring (bicyclic) bond motifs is 1. The summed E-state index contributed by atoms with van der Waals surface area (Å²) in [6.45, 7) is 1.28. The van der Waals surface area contributed by atoms with Crippen LogP contribution in [-0.2, 0) is 16.0 Å². The smallest absolute Gasteiger partial charge is 0.255 e. The molecule has 1 aliphatic rings. The topological polar surface area (TPSA) is 85.9 Å². The van der Waals surface area contributed by atoms with E-state index in [0.717, 1.165) is 11.3 Å². The van der Waals surface area contributed by atoms with Crippen molar-refractivity contribution in [3.8, 4) is 11.5 Å². The first-order valence-corrected chi connectivity index (χ1v) is 9.08. The van der Waals surface area contributed by atoms with Crippen molar-refractivity contribution >= 4 is 17.5 Å². The molecule has 0 unspecified atom stereocenters. The second kappa shape index (κ2) is 9.23. The number of ether oxygens (including phenoxy) is 3. The van der Waals surface area contributed by atoms with Gasteiger partial charge in [-0.1, -0.05) is 0 Å². The van der Waals surface area contributed by atoms with Crippen LogP contribution >= 0.6 is 0 Å². The van der Waals surface area contributed by atoms with Gasteiger partial charge in [-0.15, -0.1) is 0 Å². The van der Waals surface area contributed by atoms with E-state index in [1.54, 1.807) is 44.6 Å². The number of carbonyl (C=O) groups is 2. The molecule has 1 heterocycles. The Kier molecular flexibility index (Phi) is 6.49. The van der Waals surface area contributed by atoms with Crippen LogP contribution in [0.2, 0.25) is 0 Å². The average Bonchev–Trinajstić information content (AvgIpc) is 2.73. The van der Waals surface area contributed by atoms with Gasteiger partial charge in [-0.25, -0.2) is 0 Å². The van der Waals surface area contributed by atoms with Crippen LogP contribution in [0, 0.1) is 5.92 Å². The third kappa shape index (κ3) is 4.80. The molecule has 2 N–H and O–H groups in total. The molecule has 148 valence electrons.